The summed E-state index contributed by atoms with van der Waals surface area (Å²) in [7, 11) is 1.74. The minimum absolute atomic E-state index is 0. The van der Waals surface area contributed by atoms with Gasteiger partial charge in [-0.2, -0.15) is 0 Å². The Morgan fingerprint density at radius 2 is 2.09 bits per heavy atom. The first-order valence-corrected chi connectivity index (χ1v) is 7.90. The van der Waals surface area contributed by atoms with E-state index in [1.54, 1.807) is 7.11 Å². The maximum Gasteiger partial charge on any atom is 0.127 e. The highest BCUT2D eigenvalue weighted by Gasteiger charge is 2.27. The average Bonchev–Trinajstić information content (AvgIpc) is 2.83. The lowest BCUT2D eigenvalue weighted by Gasteiger charge is -2.37. The van der Waals surface area contributed by atoms with Crippen molar-refractivity contribution in [2.75, 3.05) is 20.2 Å². The number of fused-ring (bicyclic) bond motifs is 1. The number of benzene rings is 1. The second-order valence-electron chi connectivity index (χ2n) is 6.50. The molecule has 0 amide bonds. The molecule has 1 saturated heterocycles. The van der Waals surface area contributed by atoms with Gasteiger partial charge in [0.1, 0.15) is 17.6 Å². The van der Waals surface area contributed by atoms with Crippen molar-refractivity contribution in [1.29, 1.82) is 0 Å². The summed E-state index contributed by atoms with van der Waals surface area (Å²) < 4.78 is 11.5. The van der Waals surface area contributed by atoms with E-state index in [0.29, 0.717) is 12.1 Å². The van der Waals surface area contributed by atoms with Crippen LogP contribution in [-0.2, 0) is 13.0 Å². The molecule has 0 aliphatic carbocycles. The van der Waals surface area contributed by atoms with Gasteiger partial charge in [-0.1, -0.05) is 0 Å². The number of piperazine rings is 1. The molecule has 2 aliphatic rings. The second kappa shape index (κ2) is 7.07. The first-order valence-electron chi connectivity index (χ1n) is 7.90. The number of ether oxygens (including phenoxy) is 2. The van der Waals surface area contributed by atoms with Crippen molar-refractivity contribution in [2.45, 2.75) is 51.9 Å². The van der Waals surface area contributed by atoms with Crippen molar-refractivity contribution in [2.24, 2.45) is 0 Å². The average molecular weight is 327 g/mol. The van der Waals surface area contributed by atoms with E-state index in [0.717, 1.165) is 37.6 Å². The van der Waals surface area contributed by atoms with Crippen LogP contribution in [0.25, 0.3) is 0 Å². The summed E-state index contributed by atoms with van der Waals surface area (Å²) in [6.45, 7) is 9.70. The van der Waals surface area contributed by atoms with Crippen LogP contribution in [0.5, 0.6) is 11.5 Å². The summed E-state index contributed by atoms with van der Waals surface area (Å²) in [6.07, 6.45) is 1.25. The van der Waals surface area contributed by atoms with Gasteiger partial charge < -0.3 is 14.8 Å². The maximum atomic E-state index is 6.04. The molecular weight excluding hydrogens is 300 g/mol. The van der Waals surface area contributed by atoms with Gasteiger partial charge in [-0.15, -0.1) is 12.4 Å². The van der Waals surface area contributed by atoms with E-state index in [1.165, 1.54) is 11.1 Å². The molecule has 2 aliphatic heterocycles. The van der Waals surface area contributed by atoms with E-state index < -0.39 is 0 Å². The van der Waals surface area contributed by atoms with Gasteiger partial charge in [-0.3, -0.25) is 4.90 Å². The lowest BCUT2D eigenvalue weighted by molar-refractivity contribution is 0.136. The highest BCUT2D eigenvalue weighted by Crippen LogP contribution is 2.37. The van der Waals surface area contributed by atoms with E-state index in [-0.39, 0.29) is 18.5 Å². The standard InChI is InChI=1S/C17H26N2O2.ClH/c1-11-9-19(12(2)8-18-11)10-15-7-16(20-4)6-14-5-13(3)21-17(14)15;/h6-7,11-13,18H,5,8-10H2,1-4H3;1H. The largest absolute Gasteiger partial charge is 0.497 e. The van der Waals surface area contributed by atoms with Crippen molar-refractivity contribution in [3.63, 3.8) is 0 Å². The Bertz CT molecular complexity index is 524. The lowest BCUT2D eigenvalue weighted by atomic mass is 10.0. The van der Waals surface area contributed by atoms with Crippen molar-refractivity contribution in [1.82, 2.24) is 10.2 Å². The number of hydrogen-bond donors (Lipinski definition) is 1. The minimum atomic E-state index is 0. The third-order valence-corrected chi connectivity index (χ3v) is 4.55. The number of methoxy groups -OCH3 is 1. The number of nitrogens with zero attached hydrogens (tertiary/aromatic N) is 1. The third-order valence-electron chi connectivity index (χ3n) is 4.55. The van der Waals surface area contributed by atoms with Gasteiger partial charge in [0.15, 0.2) is 0 Å². The molecule has 1 fully saturated rings. The monoisotopic (exact) mass is 326 g/mol. The summed E-state index contributed by atoms with van der Waals surface area (Å²) in [5.41, 5.74) is 2.54. The Morgan fingerprint density at radius 3 is 2.82 bits per heavy atom. The van der Waals surface area contributed by atoms with Gasteiger partial charge in [0.25, 0.3) is 0 Å². The number of hydrogen-bond acceptors (Lipinski definition) is 4. The van der Waals surface area contributed by atoms with E-state index in [9.17, 15) is 0 Å². The van der Waals surface area contributed by atoms with Gasteiger partial charge in [-0.25, -0.2) is 0 Å². The normalized spacial score (nSPS) is 27.7. The molecule has 2 heterocycles. The summed E-state index contributed by atoms with van der Waals surface area (Å²) >= 11 is 0. The molecule has 0 aromatic heterocycles. The Balaban J connectivity index is 0.00000176. The highest BCUT2D eigenvalue weighted by atomic mass is 35.5. The molecule has 3 atom stereocenters. The van der Waals surface area contributed by atoms with E-state index in [2.05, 4.69) is 43.1 Å². The summed E-state index contributed by atoms with van der Waals surface area (Å²) in [5.74, 6) is 2.03. The fourth-order valence-electron chi connectivity index (χ4n) is 3.35. The Labute approximate surface area is 139 Å². The Hall–Kier alpha value is -0.970. The number of nitrogens with one attached hydrogen (secondary N) is 1. The van der Waals surface area contributed by atoms with Crippen LogP contribution in [0.4, 0.5) is 0 Å². The van der Waals surface area contributed by atoms with Crippen LogP contribution in [0.15, 0.2) is 12.1 Å². The SMILES string of the molecule is COc1cc2c(c(CN3CC(C)NCC3C)c1)OC(C)C2.Cl. The van der Waals surface area contributed by atoms with Gasteiger partial charge in [0.2, 0.25) is 0 Å². The van der Waals surface area contributed by atoms with E-state index in [1.807, 2.05) is 0 Å². The molecular formula is C17H27ClN2O2. The summed E-state index contributed by atoms with van der Waals surface area (Å²) in [4.78, 5) is 2.53. The van der Waals surface area contributed by atoms with Crippen LogP contribution in [-0.4, -0.2) is 43.3 Å². The Kier molecular flexibility index (Phi) is 5.59. The molecule has 0 saturated carbocycles. The molecule has 3 unspecified atom stereocenters. The van der Waals surface area contributed by atoms with Gasteiger partial charge >= 0.3 is 0 Å². The first-order chi connectivity index (χ1) is 10.1. The number of rotatable bonds is 3. The maximum absolute atomic E-state index is 6.04. The van der Waals surface area contributed by atoms with E-state index >= 15 is 0 Å². The first kappa shape index (κ1) is 17.4. The van der Waals surface area contributed by atoms with Crippen LogP contribution in [0.3, 0.4) is 0 Å². The van der Waals surface area contributed by atoms with Crippen LogP contribution >= 0.6 is 12.4 Å². The smallest absolute Gasteiger partial charge is 0.127 e. The zero-order valence-corrected chi connectivity index (χ0v) is 14.7. The zero-order valence-electron chi connectivity index (χ0n) is 13.9. The van der Waals surface area contributed by atoms with Crippen LogP contribution in [0.1, 0.15) is 31.9 Å². The molecule has 1 N–H and O–H groups in total. The lowest BCUT2D eigenvalue weighted by Crippen LogP contribution is -2.53. The third kappa shape index (κ3) is 3.50. The fraction of sp³-hybridized carbons (Fsp3) is 0.647. The molecule has 22 heavy (non-hydrogen) atoms. The Morgan fingerprint density at radius 1 is 1.32 bits per heavy atom. The zero-order chi connectivity index (χ0) is 15.0. The fourth-order valence-corrected chi connectivity index (χ4v) is 3.35. The molecule has 0 radical (unpaired) electrons. The quantitative estimate of drug-likeness (QED) is 0.926. The molecule has 0 bridgehead atoms. The van der Waals surface area contributed by atoms with Crippen LogP contribution < -0.4 is 14.8 Å². The van der Waals surface area contributed by atoms with Crippen molar-refractivity contribution in [3.05, 3.63) is 23.3 Å². The van der Waals surface area contributed by atoms with Crippen molar-refractivity contribution < 1.29 is 9.47 Å². The predicted octanol–water partition coefficient (Wildman–Crippen LogP) is 2.62. The molecule has 1 aromatic carbocycles. The molecule has 1 aromatic rings. The molecule has 4 nitrogen and oxygen atoms in total. The predicted molar refractivity (Wildman–Crippen MR) is 91.4 cm³/mol. The van der Waals surface area contributed by atoms with Crippen LogP contribution in [0.2, 0.25) is 0 Å². The molecule has 0 spiro atoms. The molecule has 5 heteroatoms. The minimum Gasteiger partial charge on any atom is -0.497 e. The second-order valence-corrected chi connectivity index (χ2v) is 6.50. The van der Waals surface area contributed by atoms with Gasteiger partial charge in [0, 0.05) is 49.3 Å². The van der Waals surface area contributed by atoms with Crippen LogP contribution in [0, 0.1) is 0 Å². The molecule has 124 valence electrons. The summed E-state index contributed by atoms with van der Waals surface area (Å²) in [5, 5.41) is 3.53. The topological polar surface area (TPSA) is 33.7 Å². The highest BCUT2D eigenvalue weighted by molar-refractivity contribution is 5.85. The molecule has 3 rings (SSSR count). The van der Waals surface area contributed by atoms with E-state index in [4.69, 9.17) is 9.47 Å². The number of halogens is 1. The van der Waals surface area contributed by atoms with Crippen molar-refractivity contribution in [3.8, 4) is 11.5 Å². The summed E-state index contributed by atoms with van der Waals surface area (Å²) in [6, 6.07) is 5.34. The van der Waals surface area contributed by atoms with Crippen molar-refractivity contribution >= 4 is 12.4 Å². The van der Waals surface area contributed by atoms with Gasteiger partial charge in [-0.05, 0) is 32.9 Å². The van der Waals surface area contributed by atoms with Gasteiger partial charge in [0.05, 0.1) is 7.11 Å².